The number of aryl methyl sites for hydroxylation is 1. The van der Waals surface area contributed by atoms with Gasteiger partial charge in [0.05, 0.1) is 24.2 Å². The molecule has 0 radical (unpaired) electrons. The fourth-order valence-corrected chi connectivity index (χ4v) is 1.70. The zero-order valence-corrected chi connectivity index (χ0v) is 10.5. The number of hydrogen-bond acceptors (Lipinski definition) is 3. The van der Waals surface area contributed by atoms with E-state index in [0.29, 0.717) is 5.56 Å². The summed E-state index contributed by atoms with van der Waals surface area (Å²) in [6.45, 7) is 3.29. The van der Waals surface area contributed by atoms with E-state index in [1.165, 1.54) is 12.1 Å². The summed E-state index contributed by atoms with van der Waals surface area (Å²) in [5.41, 5.74) is -1.02. The van der Waals surface area contributed by atoms with E-state index in [2.05, 4.69) is 0 Å². The van der Waals surface area contributed by atoms with Gasteiger partial charge in [-0.25, -0.2) is 0 Å². The Balaban J connectivity index is 3.31. The maximum Gasteiger partial charge on any atom is 0.417 e. The lowest BCUT2D eigenvalue weighted by Crippen LogP contribution is -2.14. The molecule has 0 saturated carbocycles. The molecule has 0 aliphatic rings. The van der Waals surface area contributed by atoms with Crippen molar-refractivity contribution < 1.29 is 22.7 Å². The van der Waals surface area contributed by atoms with E-state index in [0.717, 1.165) is 6.07 Å². The summed E-state index contributed by atoms with van der Waals surface area (Å²) in [5, 5.41) is 8.93. The molecule has 0 atom stereocenters. The predicted octanol–water partition coefficient (Wildman–Crippen LogP) is 2.99. The smallest absolute Gasteiger partial charge is 0.417 e. The Morgan fingerprint density at radius 3 is 2.53 bits per heavy atom. The summed E-state index contributed by atoms with van der Waals surface area (Å²) >= 11 is 0. The van der Waals surface area contributed by atoms with Crippen molar-refractivity contribution in [1.82, 2.24) is 0 Å². The van der Waals surface area contributed by atoms with E-state index in [9.17, 15) is 18.0 Å². The molecule has 0 aromatic heterocycles. The van der Waals surface area contributed by atoms with Crippen LogP contribution in [0.1, 0.15) is 29.2 Å². The minimum Gasteiger partial charge on any atom is -0.466 e. The van der Waals surface area contributed by atoms with Gasteiger partial charge in [-0.3, -0.25) is 4.79 Å². The highest BCUT2D eigenvalue weighted by atomic mass is 19.4. The van der Waals surface area contributed by atoms with E-state index in [1.54, 1.807) is 13.8 Å². The molecule has 0 aliphatic carbocycles. The minimum atomic E-state index is -4.62. The van der Waals surface area contributed by atoms with Gasteiger partial charge in [0.25, 0.3) is 0 Å². The fraction of sp³-hybridized carbons (Fsp3) is 0.385. The summed E-state index contributed by atoms with van der Waals surface area (Å²) in [6, 6.07) is 3.63. The molecule has 0 bridgehead atoms. The first-order chi connectivity index (χ1) is 8.81. The first kappa shape index (κ1) is 15.0. The standard InChI is InChI=1S/C13H12F3NO2/c1-3-19-12(18)6-9-8(2)4-5-11(10(9)7-17)13(14,15)16/h4-5H,3,6H2,1-2H3. The van der Waals surface area contributed by atoms with Gasteiger partial charge in [-0.05, 0) is 31.0 Å². The molecule has 0 aliphatic heterocycles. The summed E-state index contributed by atoms with van der Waals surface area (Å²) < 4.78 is 43.0. The average Bonchev–Trinajstić information content (AvgIpc) is 2.30. The Kier molecular flexibility index (Phi) is 4.54. The monoisotopic (exact) mass is 271 g/mol. The number of alkyl halides is 3. The fourth-order valence-electron chi connectivity index (χ4n) is 1.70. The maximum atomic E-state index is 12.8. The highest BCUT2D eigenvalue weighted by molar-refractivity contribution is 5.74. The Labute approximate surface area is 108 Å². The largest absolute Gasteiger partial charge is 0.466 e. The van der Waals surface area contributed by atoms with Crippen molar-refractivity contribution in [2.75, 3.05) is 6.61 Å². The van der Waals surface area contributed by atoms with Crippen molar-refractivity contribution in [2.45, 2.75) is 26.4 Å². The number of esters is 1. The van der Waals surface area contributed by atoms with Gasteiger partial charge >= 0.3 is 12.1 Å². The van der Waals surface area contributed by atoms with Crippen LogP contribution in [0.15, 0.2) is 12.1 Å². The van der Waals surface area contributed by atoms with E-state index in [4.69, 9.17) is 10.00 Å². The Hall–Kier alpha value is -2.03. The van der Waals surface area contributed by atoms with Crippen molar-refractivity contribution in [3.63, 3.8) is 0 Å². The number of carbonyl (C=O) groups is 1. The lowest BCUT2D eigenvalue weighted by Gasteiger charge is -2.14. The van der Waals surface area contributed by atoms with Gasteiger partial charge < -0.3 is 4.74 Å². The van der Waals surface area contributed by atoms with Crippen LogP contribution < -0.4 is 0 Å². The normalized spacial score (nSPS) is 10.9. The molecular formula is C13H12F3NO2. The second kappa shape index (κ2) is 5.74. The number of ether oxygens (including phenoxy) is 1. The van der Waals surface area contributed by atoms with Crippen molar-refractivity contribution >= 4 is 5.97 Å². The highest BCUT2D eigenvalue weighted by Crippen LogP contribution is 2.34. The summed E-state index contributed by atoms with van der Waals surface area (Å²) in [5.74, 6) is -0.651. The van der Waals surface area contributed by atoms with Crippen molar-refractivity contribution in [3.05, 3.63) is 34.4 Å². The predicted molar refractivity (Wildman–Crippen MR) is 61.2 cm³/mol. The number of halogens is 3. The molecule has 0 N–H and O–H groups in total. The number of nitrogens with zero attached hydrogens (tertiary/aromatic N) is 1. The summed E-state index contributed by atoms with van der Waals surface area (Å²) in [7, 11) is 0. The van der Waals surface area contributed by atoms with Gasteiger partial charge in [-0.1, -0.05) is 6.07 Å². The van der Waals surface area contributed by atoms with E-state index in [-0.39, 0.29) is 18.6 Å². The van der Waals surface area contributed by atoms with Crippen molar-refractivity contribution in [1.29, 1.82) is 5.26 Å². The number of benzene rings is 1. The SMILES string of the molecule is CCOC(=O)Cc1c(C)ccc(C(F)(F)F)c1C#N. The van der Waals surface area contributed by atoms with Crippen LogP contribution in [-0.2, 0) is 22.1 Å². The molecule has 1 aromatic carbocycles. The zero-order valence-electron chi connectivity index (χ0n) is 10.5. The van der Waals surface area contributed by atoms with Crippen LogP contribution in [0.3, 0.4) is 0 Å². The van der Waals surface area contributed by atoms with Crippen molar-refractivity contribution in [3.8, 4) is 6.07 Å². The van der Waals surface area contributed by atoms with Gasteiger partial charge in [0.15, 0.2) is 0 Å². The van der Waals surface area contributed by atoms with Gasteiger partial charge in [0.1, 0.15) is 6.07 Å². The lowest BCUT2D eigenvalue weighted by molar-refractivity contribution is -0.142. The van der Waals surface area contributed by atoms with Crippen LogP contribution in [0.4, 0.5) is 13.2 Å². The highest BCUT2D eigenvalue weighted by Gasteiger charge is 2.35. The summed E-state index contributed by atoms with van der Waals surface area (Å²) in [4.78, 5) is 11.4. The lowest BCUT2D eigenvalue weighted by atomic mass is 9.95. The molecule has 6 heteroatoms. The quantitative estimate of drug-likeness (QED) is 0.794. The molecule has 3 nitrogen and oxygen atoms in total. The molecule has 0 amide bonds. The van der Waals surface area contributed by atoms with Crippen LogP contribution in [0.2, 0.25) is 0 Å². The second-order valence-electron chi connectivity index (χ2n) is 3.87. The second-order valence-corrected chi connectivity index (χ2v) is 3.87. The van der Waals surface area contributed by atoms with Gasteiger partial charge in [-0.2, -0.15) is 18.4 Å². The molecule has 0 spiro atoms. The number of rotatable bonds is 3. The van der Waals surface area contributed by atoms with Crippen LogP contribution in [-0.4, -0.2) is 12.6 Å². The van der Waals surface area contributed by atoms with Gasteiger partial charge in [0.2, 0.25) is 0 Å². The summed E-state index contributed by atoms with van der Waals surface area (Å²) in [6.07, 6.45) is -4.96. The average molecular weight is 271 g/mol. The third-order valence-corrected chi connectivity index (χ3v) is 2.59. The first-order valence-electron chi connectivity index (χ1n) is 5.56. The van der Waals surface area contributed by atoms with E-state index in [1.807, 2.05) is 0 Å². The van der Waals surface area contributed by atoms with Crippen LogP contribution in [0, 0.1) is 18.3 Å². The van der Waals surface area contributed by atoms with Gasteiger partial charge in [-0.15, -0.1) is 0 Å². The Morgan fingerprint density at radius 1 is 1.42 bits per heavy atom. The van der Waals surface area contributed by atoms with Crippen LogP contribution in [0.25, 0.3) is 0 Å². The van der Waals surface area contributed by atoms with Gasteiger partial charge in [0, 0.05) is 0 Å². The van der Waals surface area contributed by atoms with Crippen molar-refractivity contribution in [2.24, 2.45) is 0 Å². The van der Waals surface area contributed by atoms with Crippen LogP contribution >= 0.6 is 0 Å². The molecule has 19 heavy (non-hydrogen) atoms. The molecule has 1 rings (SSSR count). The third-order valence-electron chi connectivity index (χ3n) is 2.59. The topological polar surface area (TPSA) is 50.1 Å². The number of carbonyl (C=O) groups excluding carboxylic acids is 1. The van der Waals surface area contributed by atoms with E-state index < -0.39 is 23.3 Å². The Bertz CT molecular complexity index is 530. The number of hydrogen-bond donors (Lipinski definition) is 0. The third kappa shape index (κ3) is 3.47. The minimum absolute atomic E-state index is 0.0655. The molecule has 0 heterocycles. The molecular weight excluding hydrogens is 259 g/mol. The molecule has 102 valence electrons. The van der Waals surface area contributed by atoms with Crippen LogP contribution in [0.5, 0.6) is 0 Å². The van der Waals surface area contributed by atoms with E-state index >= 15 is 0 Å². The number of nitriles is 1. The molecule has 0 unspecified atom stereocenters. The zero-order chi connectivity index (χ0) is 14.6. The Morgan fingerprint density at radius 2 is 2.05 bits per heavy atom. The first-order valence-corrected chi connectivity index (χ1v) is 5.56. The molecule has 1 aromatic rings. The maximum absolute atomic E-state index is 12.8. The molecule has 0 fully saturated rings. The molecule has 0 saturated heterocycles.